The first kappa shape index (κ1) is 14.3. The Morgan fingerprint density at radius 1 is 1.08 bits per heavy atom. The summed E-state index contributed by atoms with van der Waals surface area (Å²) in [6.07, 6.45) is 1.82. The third kappa shape index (κ3) is 2.39. The molecule has 0 saturated heterocycles. The maximum absolute atomic E-state index is 12.5. The number of carbonyl (C=O) groups is 1. The first-order valence-corrected chi connectivity index (χ1v) is 8.51. The number of amides is 1. The number of nitrogens with zero attached hydrogens (tertiary/aromatic N) is 2. The molecule has 5 rings (SSSR count). The van der Waals surface area contributed by atoms with E-state index in [1.807, 2.05) is 6.07 Å². The summed E-state index contributed by atoms with van der Waals surface area (Å²) in [4.78, 5) is 12.5. The quantitative estimate of drug-likeness (QED) is 0.612. The lowest BCUT2D eigenvalue weighted by Gasteiger charge is -2.13. The predicted molar refractivity (Wildman–Crippen MR) is 95.0 cm³/mol. The molecule has 0 radical (unpaired) electrons. The normalized spacial score (nSPS) is 14.2. The minimum Gasteiger partial charge on any atom is -0.478 e. The van der Waals surface area contributed by atoms with Crippen LogP contribution in [0.3, 0.4) is 0 Å². The highest BCUT2D eigenvalue weighted by Gasteiger charge is 2.20. The van der Waals surface area contributed by atoms with Crippen LogP contribution in [0.25, 0.3) is 11.1 Å². The molecular formula is C20H17N3O2. The van der Waals surface area contributed by atoms with E-state index in [9.17, 15) is 4.79 Å². The van der Waals surface area contributed by atoms with Crippen LogP contribution in [0, 0.1) is 0 Å². The number of anilines is 1. The Balaban J connectivity index is 1.39. The van der Waals surface area contributed by atoms with Crippen LogP contribution < -0.4 is 10.1 Å². The molecule has 1 N–H and O–H groups in total. The zero-order chi connectivity index (χ0) is 16.8. The van der Waals surface area contributed by atoms with Crippen molar-refractivity contribution in [2.24, 2.45) is 0 Å². The summed E-state index contributed by atoms with van der Waals surface area (Å²) < 4.78 is 7.27. The van der Waals surface area contributed by atoms with Gasteiger partial charge in [-0.2, -0.15) is 5.10 Å². The SMILES string of the molecule is O=C(Nc1ccc2c(c1)Cc1ccccc1-2)c1cc2n(n1)CCCO2. The minimum absolute atomic E-state index is 0.207. The van der Waals surface area contributed by atoms with Crippen LogP contribution in [0.1, 0.15) is 28.0 Å². The van der Waals surface area contributed by atoms with Crippen LogP contribution >= 0.6 is 0 Å². The summed E-state index contributed by atoms with van der Waals surface area (Å²) >= 11 is 0. The summed E-state index contributed by atoms with van der Waals surface area (Å²) in [6.45, 7) is 1.47. The lowest BCUT2D eigenvalue weighted by Crippen LogP contribution is -2.16. The second-order valence-electron chi connectivity index (χ2n) is 6.45. The Morgan fingerprint density at radius 3 is 2.88 bits per heavy atom. The van der Waals surface area contributed by atoms with Gasteiger partial charge in [0.15, 0.2) is 5.69 Å². The number of nitrogens with one attached hydrogen (secondary N) is 1. The van der Waals surface area contributed by atoms with Crippen molar-refractivity contribution in [1.82, 2.24) is 9.78 Å². The van der Waals surface area contributed by atoms with E-state index in [1.165, 1.54) is 22.3 Å². The van der Waals surface area contributed by atoms with Gasteiger partial charge in [-0.1, -0.05) is 30.3 Å². The van der Waals surface area contributed by atoms with Crippen molar-refractivity contribution in [2.45, 2.75) is 19.4 Å². The standard InChI is InChI=1S/C20H17N3O2/c24-20(18-12-19-23(22-18)8-3-9-25-19)21-15-6-7-17-14(11-15)10-13-4-1-2-5-16(13)17/h1-2,4-7,11-12H,3,8-10H2,(H,21,24). The highest BCUT2D eigenvalue weighted by atomic mass is 16.5. The Morgan fingerprint density at radius 2 is 1.96 bits per heavy atom. The first-order valence-electron chi connectivity index (χ1n) is 8.51. The second-order valence-corrected chi connectivity index (χ2v) is 6.45. The van der Waals surface area contributed by atoms with Gasteiger partial charge in [0, 0.05) is 24.7 Å². The molecule has 25 heavy (non-hydrogen) atoms. The zero-order valence-corrected chi connectivity index (χ0v) is 13.7. The average Bonchev–Trinajstić information content (AvgIpc) is 3.22. The number of aryl methyl sites for hydroxylation is 1. The summed E-state index contributed by atoms with van der Waals surface area (Å²) in [7, 11) is 0. The molecule has 0 saturated carbocycles. The summed E-state index contributed by atoms with van der Waals surface area (Å²) in [5.41, 5.74) is 6.30. The van der Waals surface area contributed by atoms with Gasteiger partial charge in [-0.3, -0.25) is 4.79 Å². The number of aromatic nitrogens is 2. The second kappa shape index (κ2) is 5.48. The van der Waals surface area contributed by atoms with Gasteiger partial charge in [-0.25, -0.2) is 4.68 Å². The summed E-state index contributed by atoms with van der Waals surface area (Å²) in [5.74, 6) is 0.460. The molecule has 0 bridgehead atoms. The summed E-state index contributed by atoms with van der Waals surface area (Å²) in [5, 5.41) is 7.28. The molecule has 5 heteroatoms. The van der Waals surface area contributed by atoms with E-state index in [0.29, 0.717) is 18.2 Å². The number of fused-ring (bicyclic) bond motifs is 4. The largest absolute Gasteiger partial charge is 0.478 e. The monoisotopic (exact) mass is 331 g/mol. The van der Waals surface area contributed by atoms with Gasteiger partial charge >= 0.3 is 0 Å². The van der Waals surface area contributed by atoms with Gasteiger partial charge in [0.2, 0.25) is 5.88 Å². The number of benzene rings is 2. The van der Waals surface area contributed by atoms with Crippen LogP contribution in [-0.4, -0.2) is 22.3 Å². The molecule has 0 spiro atoms. The fourth-order valence-corrected chi connectivity index (χ4v) is 3.60. The zero-order valence-electron chi connectivity index (χ0n) is 13.7. The van der Waals surface area contributed by atoms with Crippen LogP contribution in [0.5, 0.6) is 5.88 Å². The molecule has 0 unspecified atom stereocenters. The smallest absolute Gasteiger partial charge is 0.276 e. The maximum Gasteiger partial charge on any atom is 0.276 e. The Kier molecular flexibility index (Phi) is 3.13. The molecule has 1 aliphatic carbocycles. The third-order valence-electron chi connectivity index (χ3n) is 4.79. The van der Waals surface area contributed by atoms with Gasteiger partial charge in [-0.15, -0.1) is 0 Å². The van der Waals surface area contributed by atoms with E-state index in [1.54, 1.807) is 10.7 Å². The topological polar surface area (TPSA) is 56.2 Å². The minimum atomic E-state index is -0.207. The van der Waals surface area contributed by atoms with Crippen LogP contribution in [0.4, 0.5) is 5.69 Å². The molecule has 124 valence electrons. The third-order valence-corrected chi connectivity index (χ3v) is 4.79. The maximum atomic E-state index is 12.5. The molecule has 2 heterocycles. The molecule has 1 aromatic heterocycles. The number of rotatable bonds is 2. The number of hydrogen-bond donors (Lipinski definition) is 1. The van der Waals surface area contributed by atoms with Crippen molar-refractivity contribution in [1.29, 1.82) is 0 Å². The highest BCUT2D eigenvalue weighted by molar-refractivity contribution is 6.03. The van der Waals surface area contributed by atoms with E-state index >= 15 is 0 Å². The number of ether oxygens (including phenoxy) is 1. The predicted octanol–water partition coefficient (Wildman–Crippen LogP) is 3.49. The Bertz CT molecular complexity index is 967. The van der Waals surface area contributed by atoms with Crippen molar-refractivity contribution in [3.63, 3.8) is 0 Å². The van der Waals surface area contributed by atoms with Gasteiger partial charge < -0.3 is 10.1 Å². The molecule has 5 nitrogen and oxygen atoms in total. The van der Waals surface area contributed by atoms with Crippen LogP contribution in [0.2, 0.25) is 0 Å². The van der Waals surface area contributed by atoms with Gasteiger partial charge in [-0.05, 0) is 40.8 Å². The molecule has 0 fully saturated rings. The van der Waals surface area contributed by atoms with Gasteiger partial charge in [0.1, 0.15) is 0 Å². The van der Waals surface area contributed by atoms with Crippen molar-refractivity contribution in [3.8, 4) is 17.0 Å². The van der Waals surface area contributed by atoms with Gasteiger partial charge in [0.25, 0.3) is 5.91 Å². The number of hydrogen-bond acceptors (Lipinski definition) is 3. The molecule has 2 aromatic carbocycles. The highest BCUT2D eigenvalue weighted by Crippen LogP contribution is 2.37. The van der Waals surface area contributed by atoms with E-state index in [2.05, 4.69) is 46.8 Å². The Labute approximate surface area is 145 Å². The van der Waals surface area contributed by atoms with E-state index in [-0.39, 0.29) is 5.91 Å². The lowest BCUT2D eigenvalue weighted by atomic mass is 10.1. The summed E-state index contributed by atoms with van der Waals surface area (Å²) in [6, 6.07) is 16.2. The van der Waals surface area contributed by atoms with Crippen LogP contribution in [-0.2, 0) is 13.0 Å². The fraction of sp³-hybridized carbons (Fsp3) is 0.200. The average molecular weight is 331 g/mol. The Hall–Kier alpha value is -3.08. The molecular weight excluding hydrogens is 314 g/mol. The van der Waals surface area contributed by atoms with Crippen molar-refractivity contribution >= 4 is 11.6 Å². The molecule has 2 aliphatic rings. The molecule has 1 aliphatic heterocycles. The molecule has 3 aromatic rings. The number of carbonyl (C=O) groups excluding carboxylic acids is 1. The van der Waals surface area contributed by atoms with Crippen LogP contribution in [0.15, 0.2) is 48.5 Å². The van der Waals surface area contributed by atoms with Crippen molar-refractivity contribution in [3.05, 3.63) is 65.4 Å². The fourth-order valence-electron chi connectivity index (χ4n) is 3.60. The molecule has 0 atom stereocenters. The van der Waals surface area contributed by atoms with Gasteiger partial charge in [0.05, 0.1) is 6.61 Å². The van der Waals surface area contributed by atoms with Crippen molar-refractivity contribution in [2.75, 3.05) is 11.9 Å². The van der Waals surface area contributed by atoms with E-state index in [0.717, 1.165) is 25.1 Å². The first-order chi connectivity index (χ1) is 12.3. The molecule has 1 amide bonds. The van der Waals surface area contributed by atoms with E-state index < -0.39 is 0 Å². The van der Waals surface area contributed by atoms with E-state index in [4.69, 9.17) is 4.74 Å². The van der Waals surface area contributed by atoms with Crippen molar-refractivity contribution < 1.29 is 9.53 Å². The lowest BCUT2D eigenvalue weighted by molar-refractivity contribution is 0.102.